The molecular weight excluding hydrogens is 400 g/mol. The number of aryl methyl sites for hydroxylation is 1. The van der Waals surface area contributed by atoms with Gasteiger partial charge in [0.1, 0.15) is 12.7 Å². The van der Waals surface area contributed by atoms with E-state index in [9.17, 15) is 9.59 Å². The summed E-state index contributed by atoms with van der Waals surface area (Å²) in [5, 5.41) is 0. The molecule has 7 heteroatoms. The molecule has 0 spiro atoms. The number of carbonyl (C=O) groups is 2. The van der Waals surface area contributed by atoms with Crippen molar-refractivity contribution in [2.24, 2.45) is 0 Å². The molecule has 1 unspecified atom stereocenters. The molecule has 0 bridgehead atoms. The molecule has 0 saturated carbocycles. The van der Waals surface area contributed by atoms with Crippen LogP contribution in [0.1, 0.15) is 47.1 Å². The van der Waals surface area contributed by atoms with Crippen LogP contribution in [0.2, 0.25) is 0 Å². The summed E-state index contributed by atoms with van der Waals surface area (Å²) in [5.74, 6) is -1.88. The lowest BCUT2D eigenvalue weighted by Crippen LogP contribution is -2.51. The minimum absolute atomic E-state index is 0.119. The normalized spacial score (nSPS) is 28.7. The Bertz CT molecular complexity index is 971. The van der Waals surface area contributed by atoms with Crippen LogP contribution in [-0.2, 0) is 23.7 Å². The second-order valence-corrected chi connectivity index (χ2v) is 8.40. The fourth-order valence-corrected chi connectivity index (χ4v) is 3.89. The van der Waals surface area contributed by atoms with E-state index < -0.39 is 41.8 Å². The van der Waals surface area contributed by atoms with Crippen molar-refractivity contribution in [3.05, 3.63) is 71.3 Å². The molecule has 4 rings (SSSR count). The number of esters is 2. The highest BCUT2D eigenvalue weighted by atomic mass is 16.8. The Kier molecular flexibility index (Phi) is 5.60. The van der Waals surface area contributed by atoms with E-state index in [-0.39, 0.29) is 6.61 Å². The van der Waals surface area contributed by atoms with Crippen LogP contribution in [0.25, 0.3) is 0 Å². The van der Waals surface area contributed by atoms with E-state index in [1.807, 2.05) is 25.1 Å². The lowest BCUT2D eigenvalue weighted by atomic mass is 9.94. The summed E-state index contributed by atoms with van der Waals surface area (Å²) >= 11 is 0. The molecule has 2 saturated heterocycles. The number of hydrogen-bond donors (Lipinski definition) is 0. The molecule has 0 radical (unpaired) electrons. The van der Waals surface area contributed by atoms with E-state index >= 15 is 0 Å². The monoisotopic (exact) mass is 426 g/mol. The summed E-state index contributed by atoms with van der Waals surface area (Å²) in [6.45, 7) is 6.96. The average molecular weight is 426 g/mol. The van der Waals surface area contributed by atoms with Crippen molar-refractivity contribution >= 4 is 11.9 Å². The third-order valence-corrected chi connectivity index (χ3v) is 5.61. The van der Waals surface area contributed by atoms with Gasteiger partial charge in [0.2, 0.25) is 0 Å². The van der Waals surface area contributed by atoms with E-state index in [0.717, 1.165) is 5.56 Å². The molecule has 0 aromatic heterocycles. The van der Waals surface area contributed by atoms with Crippen molar-refractivity contribution in [1.29, 1.82) is 0 Å². The smallest absolute Gasteiger partial charge is 0.338 e. The van der Waals surface area contributed by atoms with Gasteiger partial charge in [0.25, 0.3) is 0 Å². The zero-order valence-corrected chi connectivity index (χ0v) is 18.0. The molecule has 4 atom stereocenters. The van der Waals surface area contributed by atoms with E-state index in [2.05, 4.69) is 0 Å². The van der Waals surface area contributed by atoms with Crippen LogP contribution < -0.4 is 0 Å². The summed E-state index contributed by atoms with van der Waals surface area (Å²) < 4.78 is 29.2. The van der Waals surface area contributed by atoms with Crippen molar-refractivity contribution in [2.75, 3.05) is 6.61 Å². The summed E-state index contributed by atoms with van der Waals surface area (Å²) in [7, 11) is 0. The number of ether oxygens (including phenoxy) is 5. The lowest BCUT2D eigenvalue weighted by Gasteiger charge is -2.34. The molecule has 2 heterocycles. The number of rotatable bonds is 5. The van der Waals surface area contributed by atoms with Gasteiger partial charge in [-0.25, -0.2) is 9.59 Å². The largest absolute Gasteiger partial charge is 0.459 e. The zero-order valence-electron chi connectivity index (χ0n) is 18.0. The molecule has 0 aliphatic carbocycles. The standard InChI is InChI=1S/C24H26O7/c1-15-10-8-9-13-17(15)21(26)27-14-18-24(4,19-22(28-18)31-23(2,3)29-19)30-20(25)16-11-6-5-7-12-16/h5-13,18-19,22H,14H2,1-4H3/t18-,19?,22-,24-/m0/s1. The first kappa shape index (κ1) is 21.5. The first-order valence-corrected chi connectivity index (χ1v) is 10.2. The predicted octanol–water partition coefficient (Wildman–Crippen LogP) is 3.64. The Morgan fingerprint density at radius 3 is 2.32 bits per heavy atom. The van der Waals surface area contributed by atoms with Crippen molar-refractivity contribution in [2.45, 2.75) is 57.6 Å². The summed E-state index contributed by atoms with van der Waals surface area (Å²) in [5.41, 5.74) is 0.457. The van der Waals surface area contributed by atoms with Crippen LogP contribution in [0.5, 0.6) is 0 Å². The fourth-order valence-electron chi connectivity index (χ4n) is 3.89. The minimum atomic E-state index is -1.22. The first-order chi connectivity index (χ1) is 14.7. The third-order valence-electron chi connectivity index (χ3n) is 5.61. The van der Waals surface area contributed by atoms with Gasteiger partial charge in [0, 0.05) is 0 Å². The second-order valence-electron chi connectivity index (χ2n) is 8.40. The molecule has 2 aliphatic rings. The van der Waals surface area contributed by atoms with Crippen LogP contribution in [0.4, 0.5) is 0 Å². The Balaban J connectivity index is 1.53. The van der Waals surface area contributed by atoms with Gasteiger partial charge in [-0.2, -0.15) is 0 Å². The maximum absolute atomic E-state index is 12.8. The highest BCUT2D eigenvalue weighted by Crippen LogP contribution is 2.45. The first-order valence-electron chi connectivity index (χ1n) is 10.2. The van der Waals surface area contributed by atoms with Crippen molar-refractivity contribution in [1.82, 2.24) is 0 Å². The summed E-state index contributed by atoms with van der Waals surface area (Å²) in [4.78, 5) is 25.4. The van der Waals surface area contributed by atoms with Gasteiger partial charge in [-0.3, -0.25) is 0 Å². The maximum Gasteiger partial charge on any atom is 0.338 e. The highest BCUT2D eigenvalue weighted by Gasteiger charge is 2.64. The van der Waals surface area contributed by atoms with E-state index in [4.69, 9.17) is 23.7 Å². The number of fused-ring (bicyclic) bond motifs is 1. The van der Waals surface area contributed by atoms with Gasteiger partial charge in [-0.1, -0.05) is 36.4 Å². The topological polar surface area (TPSA) is 80.3 Å². The van der Waals surface area contributed by atoms with E-state index in [1.54, 1.807) is 57.2 Å². The van der Waals surface area contributed by atoms with Gasteiger partial charge < -0.3 is 23.7 Å². The van der Waals surface area contributed by atoms with Gasteiger partial charge in [0.05, 0.1) is 11.1 Å². The molecule has 31 heavy (non-hydrogen) atoms. The molecule has 164 valence electrons. The Hall–Kier alpha value is -2.74. The SMILES string of the molecule is Cc1ccccc1C(=O)OC[C@@H]1O[C@H]2OC(C)(C)OC2[C@@]1(C)OC(=O)c1ccccc1. The van der Waals surface area contributed by atoms with Crippen LogP contribution in [0, 0.1) is 6.92 Å². The molecule has 2 fully saturated rings. The quantitative estimate of drug-likeness (QED) is 0.675. The number of benzene rings is 2. The third kappa shape index (κ3) is 4.21. The van der Waals surface area contributed by atoms with Crippen molar-refractivity contribution < 1.29 is 33.3 Å². The van der Waals surface area contributed by atoms with E-state index in [0.29, 0.717) is 11.1 Å². The summed E-state index contributed by atoms with van der Waals surface area (Å²) in [6.07, 6.45) is -2.18. The van der Waals surface area contributed by atoms with Crippen LogP contribution in [-0.4, -0.2) is 48.4 Å². The molecule has 2 aromatic carbocycles. The fraction of sp³-hybridized carbons (Fsp3) is 0.417. The van der Waals surface area contributed by atoms with Crippen LogP contribution in [0.15, 0.2) is 54.6 Å². The predicted molar refractivity (Wildman–Crippen MR) is 110 cm³/mol. The van der Waals surface area contributed by atoms with Crippen molar-refractivity contribution in [3.8, 4) is 0 Å². The second kappa shape index (κ2) is 8.07. The lowest BCUT2D eigenvalue weighted by molar-refractivity contribution is -0.230. The molecular formula is C24H26O7. The highest BCUT2D eigenvalue weighted by molar-refractivity contribution is 5.91. The molecule has 2 aliphatic heterocycles. The van der Waals surface area contributed by atoms with Gasteiger partial charge in [0.15, 0.2) is 23.8 Å². The number of hydrogen-bond acceptors (Lipinski definition) is 7. The molecule has 0 N–H and O–H groups in total. The Morgan fingerprint density at radius 1 is 0.935 bits per heavy atom. The Labute approximate surface area is 181 Å². The molecule has 2 aromatic rings. The van der Waals surface area contributed by atoms with Gasteiger partial charge in [-0.05, 0) is 51.5 Å². The zero-order chi connectivity index (χ0) is 22.2. The van der Waals surface area contributed by atoms with Gasteiger partial charge in [-0.15, -0.1) is 0 Å². The van der Waals surface area contributed by atoms with Crippen LogP contribution >= 0.6 is 0 Å². The maximum atomic E-state index is 12.8. The van der Waals surface area contributed by atoms with E-state index in [1.165, 1.54) is 0 Å². The van der Waals surface area contributed by atoms with Gasteiger partial charge >= 0.3 is 11.9 Å². The minimum Gasteiger partial charge on any atom is -0.459 e. The average Bonchev–Trinajstić information content (AvgIpc) is 3.17. The molecule has 7 nitrogen and oxygen atoms in total. The summed E-state index contributed by atoms with van der Waals surface area (Å²) in [6, 6.07) is 15.8. The Morgan fingerprint density at radius 2 is 1.61 bits per heavy atom. The number of carbonyl (C=O) groups excluding carboxylic acids is 2. The van der Waals surface area contributed by atoms with Crippen LogP contribution in [0.3, 0.4) is 0 Å². The van der Waals surface area contributed by atoms with Crippen molar-refractivity contribution in [3.63, 3.8) is 0 Å². The molecule has 0 amide bonds.